The summed E-state index contributed by atoms with van der Waals surface area (Å²) in [4.78, 5) is 12.7. The van der Waals surface area contributed by atoms with Gasteiger partial charge in [0, 0.05) is 3.57 Å². The number of carbonyl (C=O) groups excluding carboxylic acids is 1. The van der Waals surface area contributed by atoms with Gasteiger partial charge >= 0.3 is 0 Å². The molecule has 27 heavy (non-hydrogen) atoms. The van der Waals surface area contributed by atoms with Gasteiger partial charge in [0.15, 0.2) is 0 Å². The maximum atomic E-state index is 13.0. The van der Waals surface area contributed by atoms with Gasteiger partial charge in [-0.1, -0.05) is 37.7 Å². The summed E-state index contributed by atoms with van der Waals surface area (Å²) in [6, 6.07) is 11.5. The molecule has 2 aromatic carbocycles. The Morgan fingerprint density at radius 1 is 1.30 bits per heavy atom. The predicted octanol–water partition coefficient (Wildman–Crippen LogP) is 4.12. The Morgan fingerprint density at radius 3 is 2.63 bits per heavy atom. The molecule has 0 aromatic heterocycles. The molecule has 0 bridgehead atoms. The number of nitrogens with one attached hydrogen (secondary N) is 1. The lowest BCUT2D eigenvalue weighted by Crippen LogP contribution is -2.44. The van der Waals surface area contributed by atoms with Crippen LogP contribution in [0.5, 0.6) is 5.75 Å². The minimum absolute atomic E-state index is 0.130. The number of ether oxygens (including phenoxy) is 1. The second-order valence-electron chi connectivity index (χ2n) is 6.16. The maximum absolute atomic E-state index is 13.0. The van der Waals surface area contributed by atoms with Crippen molar-refractivity contribution in [3.05, 3.63) is 63.0 Å². The minimum Gasteiger partial charge on any atom is -0.489 e. The quantitative estimate of drug-likeness (QED) is 0.402. The Labute approximate surface area is 177 Å². The van der Waals surface area contributed by atoms with Gasteiger partial charge in [0.05, 0.1) is 17.5 Å². The molecule has 0 saturated carbocycles. The first kappa shape index (κ1) is 21.6. The molecular formula is C20H22FIN2O2S. The summed E-state index contributed by atoms with van der Waals surface area (Å²) < 4.78 is 19.7. The van der Waals surface area contributed by atoms with E-state index in [-0.39, 0.29) is 24.2 Å². The lowest BCUT2D eigenvalue weighted by molar-refractivity contribution is -0.120. The molecule has 2 aromatic rings. The number of nitrogens with two attached hydrogens (primary N) is 1. The van der Waals surface area contributed by atoms with Gasteiger partial charge in [0.25, 0.3) is 0 Å². The van der Waals surface area contributed by atoms with Gasteiger partial charge in [0.2, 0.25) is 5.91 Å². The molecule has 7 heteroatoms. The van der Waals surface area contributed by atoms with Gasteiger partial charge in [-0.3, -0.25) is 4.79 Å². The number of benzene rings is 2. The molecule has 4 nitrogen and oxygen atoms in total. The Hall–Kier alpha value is -1.74. The smallest absolute Gasteiger partial charge is 0.225 e. The van der Waals surface area contributed by atoms with Crippen LogP contribution in [0.4, 0.5) is 4.39 Å². The third-order valence-corrected chi connectivity index (χ3v) is 5.28. The van der Waals surface area contributed by atoms with E-state index in [1.165, 1.54) is 12.1 Å². The van der Waals surface area contributed by atoms with Gasteiger partial charge in [-0.25, -0.2) is 4.39 Å². The topological polar surface area (TPSA) is 64.3 Å². The maximum Gasteiger partial charge on any atom is 0.225 e. The van der Waals surface area contributed by atoms with Gasteiger partial charge < -0.3 is 15.8 Å². The summed E-state index contributed by atoms with van der Waals surface area (Å²) in [6.45, 7) is 2.34. The van der Waals surface area contributed by atoms with Crippen molar-refractivity contribution in [2.24, 2.45) is 5.73 Å². The molecule has 0 spiro atoms. The molecule has 0 aliphatic rings. The van der Waals surface area contributed by atoms with Crippen molar-refractivity contribution in [3.63, 3.8) is 0 Å². The molecule has 0 radical (unpaired) electrons. The van der Waals surface area contributed by atoms with Crippen molar-refractivity contribution in [3.8, 4) is 5.75 Å². The standard InChI is InChI=1S/C20H22FIN2O2S/c1-2-3-18(20(23)27)24-19(25)11-14-10-16(8-9-17(14)22)26-12-13-4-6-15(21)7-5-13/h4-10,18H,2-3,11-12H2,1H3,(H2,23,27)(H,24,25)/t18-/m0/s1. The zero-order valence-corrected chi connectivity index (χ0v) is 18.0. The summed E-state index contributed by atoms with van der Waals surface area (Å²) in [5.41, 5.74) is 7.43. The van der Waals surface area contributed by atoms with E-state index in [1.807, 2.05) is 25.1 Å². The largest absolute Gasteiger partial charge is 0.489 e. The highest BCUT2D eigenvalue weighted by molar-refractivity contribution is 14.1. The van der Waals surface area contributed by atoms with Crippen LogP contribution in [-0.4, -0.2) is 16.9 Å². The van der Waals surface area contributed by atoms with E-state index in [0.29, 0.717) is 17.3 Å². The van der Waals surface area contributed by atoms with E-state index >= 15 is 0 Å². The summed E-state index contributed by atoms with van der Waals surface area (Å²) in [6.07, 6.45) is 1.82. The first-order valence-electron chi connectivity index (χ1n) is 8.63. The van der Waals surface area contributed by atoms with Gasteiger partial charge in [0.1, 0.15) is 18.2 Å². The summed E-state index contributed by atoms with van der Waals surface area (Å²) in [5, 5.41) is 2.89. The number of thiocarbonyl (C=S) groups is 1. The fourth-order valence-electron chi connectivity index (χ4n) is 2.52. The van der Waals surface area contributed by atoms with Crippen molar-refractivity contribution in [1.82, 2.24) is 5.32 Å². The van der Waals surface area contributed by atoms with Gasteiger partial charge in [-0.15, -0.1) is 0 Å². The molecule has 0 fully saturated rings. The third-order valence-electron chi connectivity index (χ3n) is 3.94. The van der Waals surface area contributed by atoms with Crippen LogP contribution in [0.2, 0.25) is 0 Å². The molecule has 144 valence electrons. The number of halogens is 2. The molecule has 0 aliphatic heterocycles. The molecule has 0 heterocycles. The average Bonchev–Trinajstić information content (AvgIpc) is 2.63. The van der Waals surface area contributed by atoms with E-state index in [1.54, 1.807) is 12.1 Å². The Bertz CT molecular complexity index is 799. The normalized spacial score (nSPS) is 11.7. The Balaban J connectivity index is 2.00. The number of carbonyl (C=O) groups is 1. The Kier molecular flexibility index (Phi) is 8.43. The molecule has 2 rings (SSSR count). The van der Waals surface area contributed by atoms with Crippen LogP contribution >= 0.6 is 34.8 Å². The first-order valence-corrected chi connectivity index (χ1v) is 10.1. The molecule has 0 aliphatic carbocycles. The van der Waals surface area contributed by atoms with Crippen molar-refractivity contribution < 1.29 is 13.9 Å². The highest BCUT2D eigenvalue weighted by Gasteiger charge is 2.15. The van der Waals surface area contributed by atoms with E-state index in [4.69, 9.17) is 22.7 Å². The number of amides is 1. The van der Waals surface area contributed by atoms with Crippen LogP contribution < -0.4 is 15.8 Å². The minimum atomic E-state index is -0.284. The van der Waals surface area contributed by atoms with E-state index in [9.17, 15) is 9.18 Å². The molecule has 3 N–H and O–H groups in total. The lowest BCUT2D eigenvalue weighted by atomic mass is 10.1. The van der Waals surface area contributed by atoms with Crippen molar-refractivity contribution in [2.45, 2.75) is 38.8 Å². The van der Waals surface area contributed by atoms with Crippen molar-refractivity contribution >= 4 is 45.7 Å². The highest BCUT2D eigenvalue weighted by Crippen LogP contribution is 2.21. The van der Waals surface area contributed by atoms with Crippen LogP contribution in [0.3, 0.4) is 0 Å². The summed E-state index contributed by atoms with van der Waals surface area (Å²) in [7, 11) is 0. The van der Waals surface area contributed by atoms with Gasteiger partial charge in [-0.2, -0.15) is 0 Å². The lowest BCUT2D eigenvalue weighted by Gasteiger charge is -2.17. The van der Waals surface area contributed by atoms with E-state index in [2.05, 4.69) is 27.9 Å². The van der Waals surface area contributed by atoms with Crippen LogP contribution in [-0.2, 0) is 17.8 Å². The zero-order chi connectivity index (χ0) is 19.8. The van der Waals surface area contributed by atoms with Crippen molar-refractivity contribution in [2.75, 3.05) is 0 Å². The fraction of sp³-hybridized carbons (Fsp3) is 0.300. The van der Waals surface area contributed by atoms with Crippen LogP contribution in [0, 0.1) is 9.39 Å². The second-order valence-corrected chi connectivity index (χ2v) is 7.79. The molecule has 1 amide bonds. The molecule has 0 unspecified atom stereocenters. The monoisotopic (exact) mass is 500 g/mol. The first-order chi connectivity index (χ1) is 12.9. The zero-order valence-electron chi connectivity index (χ0n) is 15.0. The second kappa shape index (κ2) is 10.6. The molecular weight excluding hydrogens is 478 g/mol. The SMILES string of the molecule is CCC[C@H](NC(=O)Cc1cc(OCc2ccc(F)cc2)ccc1I)C(N)=S. The number of hydrogen-bond acceptors (Lipinski definition) is 3. The van der Waals surface area contributed by atoms with Crippen LogP contribution in [0.15, 0.2) is 42.5 Å². The predicted molar refractivity (Wildman–Crippen MR) is 117 cm³/mol. The van der Waals surface area contributed by atoms with Crippen LogP contribution in [0.1, 0.15) is 30.9 Å². The Morgan fingerprint density at radius 2 is 2.00 bits per heavy atom. The van der Waals surface area contributed by atoms with Crippen LogP contribution in [0.25, 0.3) is 0 Å². The molecule has 0 saturated heterocycles. The average molecular weight is 500 g/mol. The van der Waals surface area contributed by atoms with E-state index in [0.717, 1.165) is 27.5 Å². The van der Waals surface area contributed by atoms with E-state index < -0.39 is 0 Å². The highest BCUT2D eigenvalue weighted by atomic mass is 127. The van der Waals surface area contributed by atoms with Crippen molar-refractivity contribution in [1.29, 1.82) is 0 Å². The number of rotatable bonds is 9. The molecule has 1 atom stereocenters. The third kappa shape index (κ3) is 7.06. The number of hydrogen-bond donors (Lipinski definition) is 2. The fourth-order valence-corrected chi connectivity index (χ4v) is 3.22. The summed E-state index contributed by atoms with van der Waals surface area (Å²) in [5.74, 6) is 0.247. The van der Waals surface area contributed by atoms with Gasteiger partial charge in [-0.05, 0) is 70.5 Å². The summed E-state index contributed by atoms with van der Waals surface area (Å²) >= 11 is 7.21.